The monoisotopic (exact) mass is 167 g/mol. The molecule has 1 aliphatic rings. The van der Waals surface area contributed by atoms with Gasteiger partial charge in [0.1, 0.15) is 0 Å². The molecule has 0 heterocycles. The van der Waals surface area contributed by atoms with Crippen molar-refractivity contribution in [2.75, 3.05) is 0 Å². The average Bonchev–Trinajstić information content (AvgIpc) is 2.50. The van der Waals surface area contributed by atoms with Crippen LogP contribution in [-0.4, -0.2) is 0 Å². The molecule has 0 saturated heterocycles. The SMILES string of the molecule is [CH2]CCC1CCCC1CCCC. The van der Waals surface area contributed by atoms with Gasteiger partial charge in [0, 0.05) is 0 Å². The predicted octanol–water partition coefficient (Wildman–Crippen LogP) is 4.21. The van der Waals surface area contributed by atoms with Crippen molar-refractivity contribution >= 4 is 0 Å². The van der Waals surface area contributed by atoms with Gasteiger partial charge in [-0.2, -0.15) is 0 Å². The van der Waals surface area contributed by atoms with Crippen molar-refractivity contribution in [3.8, 4) is 0 Å². The lowest BCUT2D eigenvalue weighted by Gasteiger charge is -2.18. The van der Waals surface area contributed by atoms with E-state index in [1.807, 2.05) is 0 Å². The van der Waals surface area contributed by atoms with E-state index in [-0.39, 0.29) is 0 Å². The highest BCUT2D eigenvalue weighted by molar-refractivity contribution is 4.77. The van der Waals surface area contributed by atoms with Crippen LogP contribution in [0, 0.1) is 18.8 Å². The van der Waals surface area contributed by atoms with Gasteiger partial charge in [-0.15, -0.1) is 0 Å². The van der Waals surface area contributed by atoms with Gasteiger partial charge in [-0.25, -0.2) is 0 Å². The third kappa shape index (κ3) is 2.80. The second-order valence-corrected chi connectivity index (χ2v) is 4.24. The van der Waals surface area contributed by atoms with E-state index < -0.39 is 0 Å². The first-order valence-electron chi connectivity index (χ1n) is 5.67. The molecule has 12 heavy (non-hydrogen) atoms. The van der Waals surface area contributed by atoms with Gasteiger partial charge >= 0.3 is 0 Å². The zero-order valence-corrected chi connectivity index (χ0v) is 8.52. The Bertz CT molecular complexity index is 107. The van der Waals surface area contributed by atoms with Gasteiger partial charge in [0.25, 0.3) is 0 Å². The molecule has 2 atom stereocenters. The minimum atomic E-state index is 1.04. The van der Waals surface area contributed by atoms with Crippen LogP contribution in [0.5, 0.6) is 0 Å². The summed E-state index contributed by atoms with van der Waals surface area (Å²) in [5.41, 5.74) is 0. The summed E-state index contributed by atoms with van der Waals surface area (Å²) >= 11 is 0. The average molecular weight is 167 g/mol. The first kappa shape index (κ1) is 10.1. The molecule has 0 aromatic carbocycles. The highest BCUT2D eigenvalue weighted by atomic mass is 14.3. The van der Waals surface area contributed by atoms with E-state index in [4.69, 9.17) is 0 Å². The Hall–Kier alpha value is 0. The first-order chi connectivity index (χ1) is 5.88. The van der Waals surface area contributed by atoms with Crippen molar-refractivity contribution in [2.24, 2.45) is 11.8 Å². The summed E-state index contributed by atoms with van der Waals surface area (Å²) < 4.78 is 0. The maximum Gasteiger partial charge on any atom is -0.0386 e. The number of hydrogen-bond donors (Lipinski definition) is 0. The van der Waals surface area contributed by atoms with Crippen molar-refractivity contribution in [1.29, 1.82) is 0 Å². The van der Waals surface area contributed by atoms with Crippen LogP contribution < -0.4 is 0 Å². The standard InChI is InChI=1S/C12H23/c1-3-5-8-12-10-6-9-11(12)7-4-2/h11-12H,2-10H2,1H3. The molecule has 0 spiro atoms. The highest BCUT2D eigenvalue weighted by Crippen LogP contribution is 2.37. The molecule has 1 saturated carbocycles. The van der Waals surface area contributed by atoms with Crippen LogP contribution in [0.25, 0.3) is 0 Å². The minimum absolute atomic E-state index is 1.04. The molecule has 0 aromatic rings. The van der Waals surface area contributed by atoms with E-state index in [2.05, 4.69) is 13.8 Å². The van der Waals surface area contributed by atoms with Crippen molar-refractivity contribution < 1.29 is 0 Å². The summed E-state index contributed by atoms with van der Waals surface area (Å²) in [5, 5.41) is 0. The van der Waals surface area contributed by atoms with E-state index >= 15 is 0 Å². The maximum absolute atomic E-state index is 3.96. The lowest BCUT2D eigenvalue weighted by molar-refractivity contribution is 0.337. The Kier molecular flexibility index (Phi) is 4.72. The molecule has 1 aliphatic carbocycles. The molecular weight excluding hydrogens is 144 g/mol. The Morgan fingerprint density at radius 2 is 1.83 bits per heavy atom. The summed E-state index contributed by atoms with van der Waals surface area (Å²) in [6.45, 7) is 6.26. The third-order valence-electron chi connectivity index (χ3n) is 3.32. The zero-order chi connectivity index (χ0) is 8.81. The van der Waals surface area contributed by atoms with Crippen molar-refractivity contribution in [3.63, 3.8) is 0 Å². The second kappa shape index (κ2) is 5.61. The predicted molar refractivity (Wildman–Crippen MR) is 54.9 cm³/mol. The molecule has 1 rings (SSSR count). The van der Waals surface area contributed by atoms with E-state index in [0.29, 0.717) is 0 Å². The molecule has 0 amide bonds. The van der Waals surface area contributed by atoms with Gasteiger partial charge in [0.15, 0.2) is 0 Å². The highest BCUT2D eigenvalue weighted by Gasteiger charge is 2.25. The van der Waals surface area contributed by atoms with Crippen molar-refractivity contribution in [2.45, 2.75) is 58.3 Å². The first-order valence-corrected chi connectivity index (χ1v) is 5.67. The zero-order valence-electron chi connectivity index (χ0n) is 8.52. The molecule has 0 N–H and O–H groups in total. The fourth-order valence-electron chi connectivity index (χ4n) is 2.60. The Labute approximate surface area is 77.7 Å². The lowest BCUT2D eigenvalue weighted by Crippen LogP contribution is -2.07. The van der Waals surface area contributed by atoms with E-state index in [1.165, 1.54) is 44.9 Å². The fraction of sp³-hybridized carbons (Fsp3) is 0.917. The van der Waals surface area contributed by atoms with Crippen LogP contribution in [-0.2, 0) is 0 Å². The fourth-order valence-corrected chi connectivity index (χ4v) is 2.60. The molecule has 0 nitrogen and oxygen atoms in total. The van der Waals surface area contributed by atoms with Crippen LogP contribution in [0.1, 0.15) is 58.3 Å². The summed E-state index contributed by atoms with van der Waals surface area (Å²) in [6.07, 6.45) is 11.3. The third-order valence-corrected chi connectivity index (χ3v) is 3.32. The number of unbranched alkanes of at least 4 members (excludes halogenated alkanes) is 1. The Morgan fingerprint density at radius 3 is 2.42 bits per heavy atom. The second-order valence-electron chi connectivity index (χ2n) is 4.24. The molecule has 0 aliphatic heterocycles. The van der Waals surface area contributed by atoms with Crippen LogP contribution in [0.3, 0.4) is 0 Å². The smallest absolute Gasteiger partial charge is 0.0386 e. The lowest BCUT2D eigenvalue weighted by atomic mass is 9.88. The van der Waals surface area contributed by atoms with E-state index in [1.54, 1.807) is 0 Å². The molecule has 1 radical (unpaired) electrons. The summed E-state index contributed by atoms with van der Waals surface area (Å²) in [5.74, 6) is 2.10. The van der Waals surface area contributed by atoms with Crippen molar-refractivity contribution in [1.82, 2.24) is 0 Å². The Morgan fingerprint density at radius 1 is 1.17 bits per heavy atom. The number of hydrogen-bond acceptors (Lipinski definition) is 0. The molecule has 0 bridgehead atoms. The summed E-state index contributed by atoms with van der Waals surface area (Å²) in [7, 11) is 0. The van der Waals surface area contributed by atoms with Gasteiger partial charge in [-0.3, -0.25) is 0 Å². The molecule has 71 valence electrons. The van der Waals surface area contributed by atoms with Gasteiger partial charge in [0.2, 0.25) is 0 Å². The van der Waals surface area contributed by atoms with Gasteiger partial charge < -0.3 is 0 Å². The summed E-state index contributed by atoms with van der Waals surface area (Å²) in [4.78, 5) is 0. The topological polar surface area (TPSA) is 0 Å². The van der Waals surface area contributed by atoms with Gasteiger partial charge in [-0.05, 0) is 11.8 Å². The quantitative estimate of drug-likeness (QED) is 0.575. The minimum Gasteiger partial charge on any atom is -0.0654 e. The summed E-state index contributed by atoms with van der Waals surface area (Å²) in [6, 6.07) is 0. The normalized spacial score (nSPS) is 29.5. The van der Waals surface area contributed by atoms with Gasteiger partial charge in [-0.1, -0.05) is 65.2 Å². The van der Waals surface area contributed by atoms with E-state index in [0.717, 1.165) is 18.3 Å². The van der Waals surface area contributed by atoms with Gasteiger partial charge in [0.05, 0.1) is 0 Å². The molecule has 0 aromatic heterocycles. The maximum atomic E-state index is 3.96. The van der Waals surface area contributed by atoms with Crippen LogP contribution in [0.15, 0.2) is 0 Å². The molecular formula is C12H23. The van der Waals surface area contributed by atoms with Crippen LogP contribution >= 0.6 is 0 Å². The number of rotatable bonds is 5. The van der Waals surface area contributed by atoms with Crippen LogP contribution in [0.4, 0.5) is 0 Å². The molecule has 0 heteroatoms. The largest absolute Gasteiger partial charge is 0.0654 e. The molecule has 1 fully saturated rings. The van der Waals surface area contributed by atoms with Crippen LogP contribution in [0.2, 0.25) is 0 Å². The molecule has 2 unspecified atom stereocenters. The Balaban J connectivity index is 2.20. The van der Waals surface area contributed by atoms with Crippen molar-refractivity contribution in [3.05, 3.63) is 6.92 Å². The van der Waals surface area contributed by atoms with E-state index in [9.17, 15) is 0 Å².